The van der Waals surface area contributed by atoms with Crippen LogP contribution in [0.15, 0.2) is 47.8 Å². The normalized spacial score (nSPS) is 11.2. The molecule has 0 spiro atoms. The van der Waals surface area contributed by atoms with Crippen molar-refractivity contribution >= 4 is 22.9 Å². The van der Waals surface area contributed by atoms with Gasteiger partial charge in [0.05, 0.1) is 17.8 Å². The van der Waals surface area contributed by atoms with Gasteiger partial charge in [0, 0.05) is 18.4 Å². The van der Waals surface area contributed by atoms with Crippen molar-refractivity contribution in [2.75, 3.05) is 5.75 Å². The summed E-state index contributed by atoms with van der Waals surface area (Å²) in [5.74, 6) is 0.964. The zero-order valence-corrected chi connectivity index (χ0v) is 18.6. The van der Waals surface area contributed by atoms with Crippen molar-refractivity contribution in [3.8, 4) is 17.3 Å². The van der Waals surface area contributed by atoms with Gasteiger partial charge < -0.3 is 4.57 Å². The van der Waals surface area contributed by atoms with Crippen LogP contribution in [0.25, 0.3) is 22.4 Å². The summed E-state index contributed by atoms with van der Waals surface area (Å²) in [6, 6.07) is 14.8. The summed E-state index contributed by atoms with van der Waals surface area (Å²) in [5.41, 5.74) is 8.13. The van der Waals surface area contributed by atoms with Gasteiger partial charge in [0.15, 0.2) is 10.8 Å². The van der Waals surface area contributed by atoms with E-state index in [1.807, 2.05) is 25.3 Å². The minimum atomic E-state index is 0.717. The van der Waals surface area contributed by atoms with E-state index in [2.05, 4.69) is 65.2 Å². The summed E-state index contributed by atoms with van der Waals surface area (Å²) in [5, 5.41) is 10.6. The Bertz CT molecular complexity index is 1240. The van der Waals surface area contributed by atoms with Crippen LogP contribution in [-0.2, 0) is 13.1 Å². The Morgan fingerprint density at radius 3 is 2.50 bits per heavy atom. The fourth-order valence-corrected chi connectivity index (χ4v) is 4.65. The topological polar surface area (TPSA) is 59.4 Å². The zero-order valence-electron chi connectivity index (χ0n) is 17.8. The number of aryl methyl sites for hydroxylation is 2. The molecule has 0 aliphatic rings. The molecule has 152 valence electrons. The second-order valence-electron chi connectivity index (χ2n) is 7.31. The van der Waals surface area contributed by atoms with Crippen LogP contribution in [0.1, 0.15) is 36.2 Å². The molecule has 0 saturated heterocycles. The second kappa shape index (κ2) is 8.37. The molecule has 4 rings (SSSR count). The first kappa shape index (κ1) is 20.2. The van der Waals surface area contributed by atoms with Crippen LogP contribution in [0.3, 0.4) is 0 Å². The molecule has 0 aliphatic heterocycles. The first-order valence-corrected chi connectivity index (χ1v) is 11.2. The number of hydrogen-bond acceptors (Lipinski definition) is 4. The number of thioether (sulfide) groups is 1. The van der Waals surface area contributed by atoms with E-state index in [1.54, 1.807) is 11.8 Å². The lowest BCUT2D eigenvalue weighted by Crippen LogP contribution is -2.03. The summed E-state index contributed by atoms with van der Waals surface area (Å²) in [7, 11) is 0. The lowest BCUT2D eigenvalue weighted by Gasteiger charge is -2.12. The summed E-state index contributed by atoms with van der Waals surface area (Å²) in [6.07, 6.45) is 1.85. The van der Waals surface area contributed by atoms with Crippen molar-refractivity contribution in [2.24, 2.45) is 0 Å². The predicted molar refractivity (Wildman–Crippen MR) is 123 cm³/mol. The third kappa shape index (κ3) is 3.50. The van der Waals surface area contributed by atoms with E-state index in [-0.39, 0.29) is 0 Å². The van der Waals surface area contributed by atoms with Crippen LogP contribution in [0.2, 0.25) is 0 Å². The van der Waals surface area contributed by atoms with Gasteiger partial charge in [-0.1, -0.05) is 43.0 Å². The summed E-state index contributed by atoms with van der Waals surface area (Å²) in [6.45, 7) is 9.93. The Balaban J connectivity index is 1.72. The molecule has 0 amide bonds. The van der Waals surface area contributed by atoms with Crippen LogP contribution in [0.4, 0.5) is 0 Å². The van der Waals surface area contributed by atoms with E-state index >= 15 is 0 Å². The van der Waals surface area contributed by atoms with Crippen molar-refractivity contribution in [1.29, 1.82) is 5.26 Å². The molecular weight excluding hydrogens is 390 g/mol. The van der Waals surface area contributed by atoms with E-state index in [4.69, 9.17) is 4.98 Å². The van der Waals surface area contributed by atoms with Gasteiger partial charge in [-0.3, -0.25) is 4.57 Å². The molecule has 1 aromatic carbocycles. The standard InChI is InChI=1S/C24H25N5S/c1-5-28-17(4)13-20(14-25)22(28)19-9-7-18(8-10-19)15-29-23-21(16(3)11-12-26-23)27-24(29)30-6-2/h7-13H,5-6,15H2,1-4H3. The number of rotatable bonds is 6. The third-order valence-corrected chi connectivity index (χ3v) is 6.24. The van der Waals surface area contributed by atoms with Gasteiger partial charge in [-0.2, -0.15) is 5.26 Å². The highest BCUT2D eigenvalue weighted by atomic mass is 32.2. The Morgan fingerprint density at radius 1 is 1.07 bits per heavy atom. The minimum Gasteiger partial charge on any atom is -0.344 e. The first-order chi connectivity index (χ1) is 14.6. The number of imidazole rings is 1. The molecule has 4 aromatic rings. The maximum Gasteiger partial charge on any atom is 0.170 e. The fraction of sp³-hybridized carbons (Fsp3) is 0.292. The molecule has 0 fully saturated rings. The van der Waals surface area contributed by atoms with Crippen LogP contribution in [0, 0.1) is 25.2 Å². The van der Waals surface area contributed by atoms with Crippen LogP contribution in [0.5, 0.6) is 0 Å². The largest absolute Gasteiger partial charge is 0.344 e. The molecule has 0 aliphatic carbocycles. The number of nitrogens with zero attached hydrogens (tertiary/aromatic N) is 5. The van der Waals surface area contributed by atoms with Gasteiger partial charge >= 0.3 is 0 Å². The van der Waals surface area contributed by atoms with Gasteiger partial charge in [-0.25, -0.2) is 9.97 Å². The average Bonchev–Trinajstić information content (AvgIpc) is 3.27. The van der Waals surface area contributed by atoms with Crippen LogP contribution in [-0.4, -0.2) is 24.9 Å². The van der Waals surface area contributed by atoms with E-state index in [0.717, 1.165) is 56.7 Å². The number of hydrogen-bond donors (Lipinski definition) is 0. The maximum absolute atomic E-state index is 9.56. The molecular formula is C24H25N5S. The van der Waals surface area contributed by atoms with Crippen molar-refractivity contribution < 1.29 is 0 Å². The molecule has 5 nitrogen and oxygen atoms in total. The van der Waals surface area contributed by atoms with Crippen molar-refractivity contribution in [1.82, 2.24) is 19.1 Å². The quantitative estimate of drug-likeness (QED) is 0.386. The average molecular weight is 416 g/mol. The van der Waals surface area contributed by atoms with Gasteiger partial charge in [-0.05, 0) is 55.3 Å². The monoisotopic (exact) mass is 415 g/mol. The van der Waals surface area contributed by atoms with E-state index in [0.29, 0.717) is 6.54 Å². The lowest BCUT2D eigenvalue weighted by molar-refractivity contribution is 0.724. The number of aromatic nitrogens is 4. The number of fused-ring (bicyclic) bond motifs is 1. The van der Waals surface area contributed by atoms with Gasteiger partial charge in [0.25, 0.3) is 0 Å². The zero-order chi connectivity index (χ0) is 21.3. The maximum atomic E-state index is 9.56. The first-order valence-electron chi connectivity index (χ1n) is 10.2. The molecule has 0 N–H and O–H groups in total. The fourth-order valence-electron chi connectivity index (χ4n) is 3.93. The Labute approximate surface area is 181 Å². The van der Waals surface area contributed by atoms with Crippen molar-refractivity contribution in [3.05, 3.63) is 65.0 Å². The van der Waals surface area contributed by atoms with Crippen LogP contribution < -0.4 is 0 Å². The Hall–Kier alpha value is -3.04. The van der Waals surface area contributed by atoms with E-state index in [1.165, 1.54) is 5.56 Å². The summed E-state index contributed by atoms with van der Waals surface area (Å²) >= 11 is 1.74. The van der Waals surface area contributed by atoms with Gasteiger partial charge in [0.1, 0.15) is 11.6 Å². The lowest BCUT2D eigenvalue weighted by atomic mass is 10.1. The number of pyridine rings is 1. The molecule has 3 heterocycles. The summed E-state index contributed by atoms with van der Waals surface area (Å²) in [4.78, 5) is 9.44. The Morgan fingerprint density at radius 2 is 1.83 bits per heavy atom. The molecule has 3 aromatic heterocycles. The molecule has 0 unspecified atom stereocenters. The predicted octanol–water partition coefficient (Wildman–Crippen LogP) is 5.57. The van der Waals surface area contributed by atoms with Crippen molar-refractivity contribution in [2.45, 2.75) is 45.9 Å². The molecule has 0 bridgehead atoms. The molecule has 0 saturated carbocycles. The molecule has 0 radical (unpaired) electrons. The number of nitriles is 1. The smallest absolute Gasteiger partial charge is 0.170 e. The van der Waals surface area contributed by atoms with Crippen LogP contribution >= 0.6 is 11.8 Å². The molecule has 0 atom stereocenters. The highest BCUT2D eigenvalue weighted by Gasteiger charge is 2.16. The SMILES string of the molecule is CCSc1nc2c(C)ccnc2n1Cc1ccc(-c2c(C#N)cc(C)n2CC)cc1. The highest BCUT2D eigenvalue weighted by Crippen LogP contribution is 2.29. The third-order valence-electron chi connectivity index (χ3n) is 5.38. The number of benzene rings is 1. The Kier molecular flexibility index (Phi) is 5.65. The minimum absolute atomic E-state index is 0.717. The summed E-state index contributed by atoms with van der Waals surface area (Å²) < 4.78 is 4.39. The van der Waals surface area contributed by atoms with Gasteiger partial charge in [0.2, 0.25) is 0 Å². The van der Waals surface area contributed by atoms with Gasteiger partial charge in [-0.15, -0.1) is 0 Å². The second-order valence-corrected chi connectivity index (χ2v) is 8.55. The highest BCUT2D eigenvalue weighted by molar-refractivity contribution is 7.99. The van der Waals surface area contributed by atoms with Crippen molar-refractivity contribution in [3.63, 3.8) is 0 Å². The molecule has 30 heavy (non-hydrogen) atoms. The van der Waals surface area contributed by atoms with E-state index in [9.17, 15) is 5.26 Å². The van der Waals surface area contributed by atoms with E-state index < -0.39 is 0 Å². The molecule has 6 heteroatoms.